The summed E-state index contributed by atoms with van der Waals surface area (Å²) in [6, 6.07) is 0. The van der Waals surface area contributed by atoms with Gasteiger partial charge in [0.15, 0.2) is 0 Å². The molecule has 0 aromatic rings. The fourth-order valence-corrected chi connectivity index (χ4v) is 2.40. The van der Waals surface area contributed by atoms with E-state index in [1.807, 2.05) is 0 Å². The Hall–Kier alpha value is 0.0249. The fraction of sp³-hybridized carbons (Fsp3) is 1.00. The zero-order valence-electron chi connectivity index (χ0n) is 14.0. The summed E-state index contributed by atoms with van der Waals surface area (Å²) in [4.78, 5) is 0. The van der Waals surface area contributed by atoms with Crippen LogP contribution >= 0.6 is 0 Å². The van der Waals surface area contributed by atoms with Crippen molar-refractivity contribution in [3.63, 3.8) is 0 Å². The molecular weight excluding hydrogens is 205 g/mol. The second kappa shape index (κ2) is 9.99. The predicted octanol–water partition coefficient (Wildman–Crippen LogP) is 5.01. The summed E-state index contributed by atoms with van der Waals surface area (Å²) in [7, 11) is 2.29. The molecule has 2 heteroatoms. The van der Waals surface area contributed by atoms with Crippen molar-refractivity contribution in [3.05, 3.63) is 0 Å². The molecule has 1 nitrogen and oxygen atoms in total. The third-order valence-electron chi connectivity index (χ3n) is 5.75. The molecule has 0 spiro atoms. The fourth-order valence-electron chi connectivity index (χ4n) is 2.40. The molecule has 0 aliphatic carbocycles. The zero-order valence-corrected chi connectivity index (χ0v) is 14.0. The van der Waals surface area contributed by atoms with Crippen LogP contribution in [0.15, 0.2) is 0 Å². The van der Waals surface area contributed by atoms with Crippen LogP contribution in [-0.4, -0.2) is 37.3 Å². The van der Waals surface area contributed by atoms with Gasteiger partial charge in [-0.05, 0) is 26.9 Å². The van der Waals surface area contributed by atoms with E-state index in [0.29, 0.717) is 0 Å². The lowest BCUT2D eigenvalue weighted by Gasteiger charge is -2.34. The van der Waals surface area contributed by atoms with Gasteiger partial charge in [0, 0.05) is 0 Å². The van der Waals surface area contributed by atoms with Gasteiger partial charge in [-0.15, -0.1) is 0 Å². The summed E-state index contributed by atoms with van der Waals surface area (Å²) in [5.74, 6) is 0. The molecule has 0 atom stereocenters. The summed E-state index contributed by atoms with van der Waals surface area (Å²) >= 11 is 0. The van der Waals surface area contributed by atoms with E-state index < -0.39 is 0 Å². The molecule has 0 aromatic heterocycles. The van der Waals surface area contributed by atoms with Gasteiger partial charge in [0.2, 0.25) is 0 Å². The van der Waals surface area contributed by atoms with Gasteiger partial charge < -0.3 is 4.48 Å². The maximum absolute atomic E-state index is 2.33. The van der Waals surface area contributed by atoms with E-state index in [1.54, 1.807) is 0 Å². The van der Waals surface area contributed by atoms with Gasteiger partial charge in [0.05, 0.1) is 26.7 Å². The van der Waals surface area contributed by atoms with E-state index >= 15 is 0 Å². The van der Waals surface area contributed by atoms with Gasteiger partial charge >= 0.3 is 0 Å². The highest BCUT2D eigenvalue weighted by Gasteiger charge is 2.14. The van der Waals surface area contributed by atoms with Crippen LogP contribution in [-0.2, 0) is 0 Å². The third-order valence-corrected chi connectivity index (χ3v) is 5.75. The Bertz CT molecular complexity index is 135. The molecule has 106 valence electrons. The van der Waals surface area contributed by atoms with E-state index in [1.165, 1.54) is 49.4 Å². The van der Waals surface area contributed by atoms with E-state index in [2.05, 4.69) is 55.5 Å². The molecule has 0 heterocycles. The van der Waals surface area contributed by atoms with E-state index in [9.17, 15) is 0 Å². The van der Waals surface area contributed by atoms with Gasteiger partial charge in [0.1, 0.15) is 0 Å². The number of hydrogen-bond donors (Lipinski definition) is 0. The smallest absolute Gasteiger partial charge is 0.0755 e. The third kappa shape index (κ3) is 7.13. The minimum absolute atomic E-state index is 0.0556. The number of nitrogens with zero attached hydrogens (tertiary/aromatic N) is 1. The summed E-state index contributed by atoms with van der Waals surface area (Å²) in [5.41, 5.74) is 0. The number of quaternary nitrogens is 1. The molecule has 0 fully saturated rings. The minimum Gasteiger partial charge on any atom is -0.327 e. The lowest BCUT2D eigenvalue weighted by molar-refractivity contribution is -0.904. The van der Waals surface area contributed by atoms with Crippen molar-refractivity contribution in [3.8, 4) is 0 Å². The largest absolute Gasteiger partial charge is 0.327 e. The first-order valence-corrected chi connectivity index (χ1v) is 7.98. The van der Waals surface area contributed by atoms with Gasteiger partial charge in [-0.1, -0.05) is 27.7 Å². The predicted molar refractivity (Wildman–Crippen MR) is 85.5 cm³/mol. The topological polar surface area (TPSA) is 0 Å². The lowest BCUT2D eigenvalue weighted by Crippen LogP contribution is -2.42. The van der Waals surface area contributed by atoms with Crippen molar-refractivity contribution in [1.82, 2.24) is 0 Å². The molecule has 0 aromatic carbocycles. The normalized spacial score (nSPS) is 12.0. The molecule has 17 heavy (non-hydrogen) atoms. The maximum atomic E-state index is 2.33. The van der Waals surface area contributed by atoms with E-state index in [-0.39, 0.29) is 6.15 Å². The van der Waals surface area contributed by atoms with Crippen LogP contribution in [0.3, 0.4) is 0 Å². The van der Waals surface area contributed by atoms with Crippen molar-refractivity contribution >= 4 is 6.15 Å². The molecule has 0 rings (SSSR count). The Morgan fingerprint density at radius 1 is 0.588 bits per heavy atom. The summed E-state index contributed by atoms with van der Waals surface area (Å²) in [5, 5.41) is 0. The highest BCUT2D eigenvalue weighted by Crippen LogP contribution is 2.23. The van der Waals surface area contributed by atoms with Gasteiger partial charge in [0.25, 0.3) is 0 Å². The van der Waals surface area contributed by atoms with Crippen LogP contribution < -0.4 is 0 Å². The highest BCUT2D eigenvalue weighted by atomic mass is 15.3. The van der Waals surface area contributed by atoms with Crippen molar-refractivity contribution in [2.24, 2.45) is 0 Å². The van der Waals surface area contributed by atoms with Crippen LogP contribution in [0.25, 0.3) is 0 Å². The zero-order chi connectivity index (χ0) is 13.9. The SMILES string of the molecule is CC[B-](CC)(CC)CC.CC[N+](C)(CC)CC. The summed E-state index contributed by atoms with van der Waals surface area (Å²) in [6.07, 6.45) is 5.68. The average molecular weight is 243 g/mol. The molecule has 0 saturated carbocycles. The van der Waals surface area contributed by atoms with Crippen LogP contribution in [0.5, 0.6) is 0 Å². The number of hydrogen-bond acceptors (Lipinski definition) is 0. The first-order valence-electron chi connectivity index (χ1n) is 7.98. The quantitative estimate of drug-likeness (QED) is 0.435. The molecule has 0 unspecified atom stereocenters. The molecular formula is C15H38BN. The van der Waals surface area contributed by atoms with Crippen molar-refractivity contribution < 1.29 is 4.48 Å². The first kappa shape index (κ1) is 19.4. The highest BCUT2D eigenvalue weighted by molar-refractivity contribution is 6.79. The Balaban J connectivity index is 0. The van der Waals surface area contributed by atoms with Crippen molar-refractivity contribution in [2.45, 2.75) is 73.7 Å². The van der Waals surface area contributed by atoms with Crippen LogP contribution in [0.4, 0.5) is 0 Å². The van der Waals surface area contributed by atoms with Crippen LogP contribution in [0.2, 0.25) is 25.3 Å². The molecule has 0 aliphatic heterocycles. The summed E-state index contributed by atoms with van der Waals surface area (Å²) in [6.45, 7) is 19.8. The van der Waals surface area contributed by atoms with Crippen LogP contribution in [0.1, 0.15) is 48.5 Å². The molecule has 0 N–H and O–H groups in total. The van der Waals surface area contributed by atoms with E-state index in [0.717, 1.165) is 0 Å². The molecule has 0 bridgehead atoms. The molecule has 0 radical (unpaired) electrons. The Morgan fingerprint density at radius 3 is 0.824 bits per heavy atom. The van der Waals surface area contributed by atoms with Crippen molar-refractivity contribution in [2.75, 3.05) is 26.7 Å². The second-order valence-electron chi connectivity index (χ2n) is 5.93. The maximum Gasteiger partial charge on any atom is 0.0755 e. The number of rotatable bonds is 7. The minimum atomic E-state index is 0.0556. The molecule has 0 aliphatic rings. The Morgan fingerprint density at radius 2 is 0.824 bits per heavy atom. The first-order chi connectivity index (χ1) is 7.92. The van der Waals surface area contributed by atoms with Crippen molar-refractivity contribution in [1.29, 1.82) is 0 Å². The Kier molecular flexibility index (Phi) is 11.4. The van der Waals surface area contributed by atoms with E-state index in [4.69, 9.17) is 0 Å². The summed E-state index contributed by atoms with van der Waals surface area (Å²) < 4.78 is 1.21. The van der Waals surface area contributed by atoms with Gasteiger partial charge in [-0.25, -0.2) is 0 Å². The van der Waals surface area contributed by atoms with Gasteiger partial charge in [-0.3, -0.25) is 0 Å². The Labute approximate surface area is 111 Å². The molecule has 0 saturated heterocycles. The van der Waals surface area contributed by atoms with Crippen LogP contribution in [0, 0.1) is 0 Å². The van der Waals surface area contributed by atoms with Gasteiger partial charge in [-0.2, -0.15) is 25.3 Å². The lowest BCUT2D eigenvalue weighted by atomic mass is 9.19. The molecule has 0 amide bonds. The average Bonchev–Trinajstić information content (AvgIpc) is 2.42. The monoisotopic (exact) mass is 243 g/mol. The second-order valence-corrected chi connectivity index (χ2v) is 5.93. The standard InChI is InChI=1S/C8H20B.C7H18N/c1-5-9(6-2,7-3)8-4;1-5-8(4,6-2)7-3/h5-8H2,1-4H3;5-7H2,1-4H3/q-1;+1.